The SMILES string of the molecule is COC(=O)CN(C)C(=O)Cc1ccc(Cl)cc1. The Hall–Kier alpha value is -1.55. The number of hydrogen-bond donors (Lipinski definition) is 0. The van der Waals surface area contributed by atoms with Gasteiger partial charge in [0.1, 0.15) is 6.54 Å². The lowest BCUT2D eigenvalue weighted by atomic mass is 10.1. The standard InChI is InChI=1S/C12H14ClNO3/c1-14(8-12(16)17-2)11(15)7-9-3-5-10(13)6-4-9/h3-6H,7-8H2,1-2H3. The summed E-state index contributed by atoms with van der Waals surface area (Å²) >= 11 is 5.74. The van der Waals surface area contributed by atoms with E-state index in [2.05, 4.69) is 4.74 Å². The third-order valence-corrected chi connectivity index (χ3v) is 2.54. The summed E-state index contributed by atoms with van der Waals surface area (Å²) in [5.74, 6) is -0.574. The average Bonchev–Trinajstić information content (AvgIpc) is 2.31. The number of esters is 1. The third kappa shape index (κ3) is 4.44. The van der Waals surface area contributed by atoms with E-state index in [1.54, 1.807) is 31.3 Å². The van der Waals surface area contributed by atoms with Crippen molar-refractivity contribution in [1.29, 1.82) is 0 Å². The van der Waals surface area contributed by atoms with Gasteiger partial charge in [-0.1, -0.05) is 23.7 Å². The molecule has 0 saturated carbocycles. The molecular formula is C12H14ClNO3. The summed E-state index contributed by atoms with van der Waals surface area (Å²) in [4.78, 5) is 24.1. The Morgan fingerprint density at radius 3 is 2.41 bits per heavy atom. The van der Waals surface area contributed by atoms with Gasteiger partial charge < -0.3 is 9.64 Å². The van der Waals surface area contributed by atoms with Gasteiger partial charge in [-0.05, 0) is 17.7 Å². The molecule has 0 radical (unpaired) electrons. The molecule has 0 atom stereocenters. The maximum atomic E-state index is 11.7. The lowest BCUT2D eigenvalue weighted by Crippen LogP contribution is -2.33. The van der Waals surface area contributed by atoms with Gasteiger partial charge in [-0.15, -0.1) is 0 Å². The number of halogens is 1. The predicted octanol–water partition coefficient (Wildman–Crippen LogP) is 1.51. The summed E-state index contributed by atoms with van der Waals surface area (Å²) < 4.78 is 4.49. The number of amides is 1. The van der Waals surface area contributed by atoms with Crippen LogP contribution >= 0.6 is 11.6 Å². The summed E-state index contributed by atoms with van der Waals surface area (Å²) in [6, 6.07) is 7.02. The van der Waals surface area contributed by atoms with Gasteiger partial charge in [0.25, 0.3) is 0 Å². The zero-order valence-corrected chi connectivity index (χ0v) is 10.5. The van der Waals surface area contributed by atoms with Crippen molar-refractivity contribution in [2.45, 2.75) is 6.42 Å². The van der Waals surface area contributed by atoms with Crippen LogP contribution in [-0.4, -0.2) is 37.5 Å². The maximum absolute atomic E-state index is 11.7. The minimum absolute atomic E-state index is 0.0388. The largest absolute Gasteiger partial charge is 0.468 e. The molecule has 0 aliphatic rings. The van der Waals surface area contributed by atoms with E-state index < -0.39 is 5.97 Å². The summed E-state index contributed by atoms with van der Waals surface area (Å²) in [5, 5.41) is 0.629. The topological polar surface area (TPSA) is 46.6 Å². The van der Waals surface area contributed by atoms with Crippen LogP contribution in [0.15, 0.2) is 24.3 Å². The van der Waals surface area contributed by atoms with E-state index in [1.807, 2.05) is 0 Å². The molecule has 0 saturated heterocycles. The molecule has 0 aromatic heterocycles. The van der Waals surface area contributed by atoms with Gasteiger partial charge in [-0.25, -0.2) is 0 Å². The summed E-state index contributed by atoms with van der Waals surface area (Å²) in [7, 11) is 2.86. The second-order valence-electron chi connectivity index (χ2n) is 3.63. The van der Waals surface area contributed by atoms with Gasteiger partial charge in [-0.3, -0.25) is 9.59 Å². The first-order chi connectivity index (χ1) is 8.02. The smallest absolute Gasteiger partial charge is 0.325 e. The zero-order chi connectivity index (χ0) is 12.8. The predicted molar refractivity (Wildman–Crippen MR) is 64.8 cm³/mol. The Bertz CT molecular complexity index is 403. The first kappa shape index (κ1) is 13.5. The number of likely N-dealkylation sites (N-methyl/N-ethyl adjacent to an activating group) is 1. The number of benzene rings is 1. The lowest BCUT2D eigenvalue weighted by molar-refractivity contribution is -0.145. The fraction of sp³-hybridized carbons (Fsp3) is 0.333. The number of methoxy groups -OCH3 is 1. The maximum Gasteiger partial charge on any atom is 0.325 e. The highest BCUT2D eigenvalue weighted by atomic mass is 35.5. The summed E-state index contributed by atoms with van der Waals surface area (Å²) in [5.41, 5.74) is 0.858. The molecule has 0 fully saturated rings. The molecular weight excluding hydrogens is 242 g/mol. The summed E-state index contributed by atoms with van der Waals surface area (Å²) in [6.07, 6.45) is 0.241. The van der Waals surface area contributed by atoms with Crippen molar-refractivity contribution in [2.24, 2.45) is 0 Å². The minimum atomic E-state index is -0.433. The van der Waals surface area contributed by atoms with E-state index >= 15 is 0 Å². The molecule has 5 heteroatoms. The molecule has 0 aliphatic carbocycles. The van der Waals surface area contributed by atoms with Crippen LogP contribution in [0.2, 0.25) is 5.02 Å². The second kappa shape index (κ2) is 6.25. The molecule has 17 heavy (non-hydrogen) atoms. The van der Waals surface area contributed by atoms with E-state index in [1.165, 1.54) is 12.0 Å². The van der Waals surface area contributed by atoms with Crippen LogP contribution in [0.5, 0.6) is 0 Å². The Kier molecular flexibility index (Phi) is 4.97. The van der Waals surface area contributed by atoms with Crippen molar-refractivity contribution >= 4 is 23.5 Å². The van der Waals surface area contributed by atoms with E-state index in [9.17, 15) is 9.59 Å². The Morgan fingerprint density at radius 1 is 1.29 bits per heavy atom. The van der Waals surface area contributed by atoms with Crippen molar-refractivity contribution in [3.63, 3.8) is 0 Å². The van der Waals surface area contributed by atoms with Crippen LogP contribution in [0.3, 0.4) is 0 Å². The molecule has 1 aromatic carbocycles. The lowest BCUT2D eigenvalue weighted by Gasteiger charge is -2.15. The van der Waals surface area contributed by atoms with Crippen molar-refractivity contribution in [1.82, 2.24) is 4.90 Å². The second-order valence-corrected chi connectivity index (χ2v) is 4.07. The molecule has 0 heterocycles. The van der Waals surface area contributed by atoms with Gasteiger partial charge in [-0.2, -0.15) is 0 Å². The van der Waals surface area contributed by atoms with Crippen molar-refractivity contribution < 1.29 is 14.3 Å². The van der Waals surface area contributed by atoms with Gasteiger partial charge in [0, 0.05) is 12.1 Å². The molecule has 0 aliphatic heterocycles. The van der Waals surface area contributed by atoms with Gasteiger partial charge >= 0.3 is 5.97 Å². The number of rotatable bonds is 4. The molecule has 0 bridgehead atoms. The highest BCUT2D eigenvalue weighted by Crippen LogP contribution is 2.10. The van der Waals surface area contributed by atoms with Crippen LogP contribution in [0.25, 0.3) is 0 Å². The van der Waals surface area contributed by atoms with Crippen LogP contribution in [0.4, 0.5) is 0 Å². The molecule has 0 N–H and O–H groups in total. The fourth-order valence-electron chi connectivity index (χ4n) is 1.26. The number of nitrogens with zero attached hydrogens (tertiary/aromatic N) is 1. The van der Waals surface area contributed by atoms with E-state index in [0.717, 1.165) is 5.56 Å². The molecule has 92 valence electrons. The normalized spacial score (nSPS) is 9.82. The van der Waals surface area contributed by atoms with E-state index in [4.69, 9.17) is 11.6 Å². The van der Waals surface area contributed by atoms with E-state index in [-0.39, 0.29) is 18.9 Å². The molecule has 4 nitrogen and oxygen atoms in total. The quantitative estimate of drug-likeness (QED) is 0.767. The molecule has 1 aromatic rings. The van der Waals surface area contributed by atoms with Gasteiger partial charge in [0.05, 0.1) is 13.5 Å². The minimum Gasteiger partial charge on any atom is -0.468 e. The zero-order valence-electron chi connectivity index (χ0n) is 9.77. The molecule has 0 unspecified atom stereocenters. The Morgan fingerprint density at radius 2 is 1.88 bits per heavy atom. The third-order valence-electron chi connectivity index (χ3n) is 2.29. The Balaban J connectivity index is 2.54. The van der Waals surface area contributed by atoms with Crippen LogP contribution in [0.1, 0.15) is 5.56 Å². The molecule has 1 amide bonds. The van der Waals surface area contributed by atoms with Crippen molar-refractivity contribution in [3.05, 3.63) is 34.9 Å². The summed E-state index contributed by atoms with van der Waals surface area (Å²) in [6.45, 7) is -0.0388. The van der Waals surface area contributed by atoms with E-state index in [0.29, 0.717) is 5.02 Å². The first-order valence-electron chi connectivity index (χ1n) is 5.08. The highest BCUT2D eigenvalue weighted by Gasteiger charge is 2.13. The highest BCUT2D eigenvalue weighted by molar-refractivity contribution is 6.30. The Labute approximate surface area is 105 Å². The van der Waals surface area contributed by atoms with Crippen LogP contribution < -0.4 is 0 Å². The fourth-order valence-corrected chi connectivity index (χ4v) is 1.38. The molecule has 1 rings (SSSR count). The van der Waals surface area contributed by atoms with Crippen molar-refractivity contribution in [2.75, 3.05) is 20.7 Å². The number of carbonyl (C=O) groups excluding carboxylic acids is 2. The average molecular weight is 256 g/mol. The van der Waals surface area contributed by atoms with Crippen LogP contribution in [0, 0.1) is 0 Å². The van der Waals surface area contributed by atoms with Gasteiger partial charge in [0.15, 0.2) is 0 Å². The monoisotopic (exact) mass is 255 g/mol. The number of hydrogen-bond acceptors (Lipinski definition) is 3. The van der Waals surface area contributed by atoms with Crippen LogP contribution in [-0.2, 0) is 20.7 Å². The number of carbonyl (C=O) groups is 2. The number of ether oxygens (including phenoxy) is 1. The first-order valence-corrected chi connectivity index (χ1v) is 5.46. The van der Waals surface area contributed by atoms with Crippen molar-refractivity contribution in [3.8, 4) is 0 Å². The van der Waals surface area contributed by atoms with Gasteiger partial charge in [0.2, 0.25) is 5.91 Å². The molecule has 0 spiro atoms.